The zero-order valence-corrected chi connectivity index (χ0v) is 20.6. The van der Waals surface area contributed by atoms with Crippen molar-refractivity contribution in [1.29, 1.82) is 0 Å². The molecule has 0 radical (unpaired) electrons. The summed E-state index contributed by atoms with van der Waals surface area (Å²) in [6.07, 6.45) is 0. The molecule has 0 rings (SSSR count). The lowest BCUT2D eigenvalue weighted by Gasteiger charge is -1.56. The summed E-state index contributed by atoms with van der Waals surface area (Å²) in [6.45, 7) is 0. The van der Waals surface area contributed by atoms with Crippen molar-refractivity contribution < 1.29 is 81.9 Å². The van der Waals surface area contributed by atoms with Crippen LogP contribution in [0, 0.1) is 0 Å². The van der Waals surface area contributed by atoms with E-state index in [1.807, 2.05) is 0 Å². The molecule has 0 bridgehead atoms. The van der Waals surface area contributed by atoms with Gasteiger partial charge in [-0.25, -0.2) is 0 Å². The second-order valence-electron chi connectivity index (χ2n) is 1.52. The molecular formula is H30F6N6O12P6. The van der Waals surface area contributed by atoms with Crippen molar-refractivity contribution in [1.82, 2.24) is 36.9 Å². The van der Waals surface area contributed by atoms with Gasteiger partial charge in [0.25, 0.3) is 0 Å². The summed E-state index contributed by atoms with van der Waals surface area (Å²) in [4.78, 5) is 41.6. The molecule has 30 heteroatoms. The molecule has 30 heavy (non-hydrogen) atoms. The van der Waals surface area contributed by atoms with E-state index >= 15 is 0 Å². The van der Waals surface area contributed by atoms with Crippen LogP contribution in [0.2, 0.25) is 0 Å². The van der Waals surface area contributed by atoms with Crippen LogP contribution < -0.4 is 36.9 Å². The lowest BCUT2D eigenvalue weighted by molar-refractivity contribution is 0.458. The molecule has 0 aromatic heterocycles. The highest BCUT2D eigenvalue weighted by Gasteiger charge is 1.68. The molecule has 0 aliphatic heterocycles. The normalized spacial score (nSPS) is 12.4. The Morgan fingerprint density at radius 1 is 0.300 bits per heavy atom. The van der Waals surface area contributed by atoms with Gasteiger partial charge in [0, 0.05) is 0 Å². The Balaban J connectivity index is -0.0000000125. The first-order chi connectivity index (χ1) is 10.4. The fourth-order valence-corrected chi connectivity index (χ4v) is 0. The molecular weight excluding hydrogens is 576 g/mol. The molecule has 0 aliphatic carbocycles. The second-order valence-corrected chi connectivity index (χ2v) is 4.55. The SMILES string of the molecule is N.N.N.N.N.N.O=[PH](O)F.O=[PH](O)F.O=[PH](O)F.O=[PH](O)F.O=[PH](O)F.O=[PH](O)F. The first kappa shape index (κ1) is 77.6. The van der Waals surface area contributed by atoms with Crippen LogP contribution in [-0.2, 0) is 27.4 Å². The van der Waals surface area contributed by atoms with E-state index in [4.69, 9.17) is 56.8 Å². The molecule has 0 aliphatic rings. The van der Waals surface area contributed by atoms with E-state index in [9.17, 15) is 25.2 Å². The topological polar surface area (TPSA) is 434 Å². The van der Waals surface area contributed by atoms with Gasteiger partial charge >= 0.3 is 50.0 Å². The fraction of sp³-hybridized carbons (Fsp3) is 0. The minimum absolute atomic E-state index is 0. The molecule has 0 heterocycles. The van der Waals surface area contributed by atoms with Crippen molar-refractivity contribution in [2.45, 2.75) is 0 Å². The first-order valence-corrected chi connectivity index (χ1v) is 11.1. The van der Waals surface area contributed by atoms with E-state index in [1.165, 1.54) is 0 Å². The van der Waals surface area contributed by atoms with Crippen LogP contribution in [0.3, 0.4) is 0 Å². The van der Waals surface area contributed by atoms with E-state index in [2.05, 4.69) is 0 Å². The Kier molecular flexibility index (Phi) is 181. The van der Waals surface area contributed by atoms with Crippen molar-refractivity contribution in [2.75, 3.05) is 0 Å². The molecule has 0 spiro atoms. The maximum absolute atomic E-state index is 10.1. The number of hydrogen-bond acceptors (Lipinski definition) is 12. The summed E-state index contributed by atoms with van der Waals surface area (Å²) in [5, 5.41) is 0. The summed E-state index contributed by atoms with van der Waals surface area (Å²) in [5.74, 6) is 0. The largest absolute Gasteiger partial charge is 0.353 e. The second kappa shape index (κ2) is 70.0. The standard InChI is InChI=1S/6FH2O2P.6H3N/c6*1-4(2)3;;;;;;/h6*4H,(H,2,3);6*1H3. The Labute approximate surface area is 169 Å². The average Bonchev–Trinajstić information content (AvgIpc) is 2.08. The molecule has 0 saturated carbocycles. The summed E-state index contributed by atoms with van der Waals surface area (Å²) >= 11 is 0. The molecule has 18 nitrogen and oxygen atoms in total. The van der Waals surface area contributed by atoms with E-state index in [1.54, 1.807) is 0 Å². The van der Waals surface area contributed by atoms with Gasteiger partial charge in [0.15, 0.2) is 0 Å². The van der Waals surface area contributed by atoms with Gasteiger partial charge in [0.2, 0.25) is 0 Å². The van der Waals surface area contributed by atoms with Crippen molar-refractivity contribution in [3.8, 4) is 0 Å². The lowest BCUT2D eigenvalue weighted by atomic mass is 14.0. The van der Waals surface area contributed by atoms with Gasteiger partial charge in [-0.05, 0) is 0 Å². The third-order valence-electron chi connectivity index (χ3n) is 0. The van der Waals surface area contributed by atoms with Crippen LogP contribution in [0.4, 0.5) is 25.2 Å². The Hall–Kier alpha value is 0.480. The maximum atomic E-state index is 10.1. The van der Waals surface area contributed by atoms with Crippen molar-refractivity contribution in [2.24, 2.45) is 0 Å². The van der Waals surface area contributed by atoms with Gasteiger partial charge in [-0.2, -0.15) is 25.2 Å². The zero-order chi connectivity index (χ0) is 21.5. The van der Waals surface area contributed by atoms with Gasteiger partial charge in [-0.1, -0.05) is 0 Å². The predicted octanol–water partition coefficient (Wildman–Crippen LogP) is 3.00. The van der Waals surface area contributed by atoms with E-state index in [0.717, 1.165) is 0 Å². The minimum Gasteiger partial charge on any atom is -0.344 e. The van der Waals surface area contributed by atoms with Crippen molar-refractivity contribution in [3.63, 3.8) is 0 Å². The third-order valence-corrected chi connectivity index (χ3v) is 0. The van der Waals surface area contributed by atoms with Crippen LogP contribution in [0.15, 0.2) is 0 Å². The summed E-state index contributed by atoms with van der Waals surface area (Å²) in [7, 11) is -21.8. The van der Waals surface area contributed by atoms with Crippen LogP contribution in [-0.4, -0.2) is 29.4 Å². The fourth-order valence-electron chi connectivity index (χ4n) is 0. The summed E-state index contributed by atoms with van der Waals surface area (Å²) in [5.41, 5.74) is 0. The zero-order valence-electron chi connectivity index (χ0n) is 14.6. The highest BCUT2D eigenvalue weighted by molar-refractivity contribution is 7.32. The van der Waals surface area contributed by atoms with E-state index < -0.39 is 50.0 Å². The van der Waals surface area contributed by atoms with Crippen LogP contribution >= 0.6 is 50.0 Å². The third kappa shape index (κ3) is 93300. The van der Waals surface area contributed by atoms with Crippen LogP contribution in [0.25, 0.3) is 0 Å². The van der Waals surface area contributed by atoms with Crippen LogP contribution in [0.5, 0.6) is 0 Å². The monoisotopic (exact) mass is 606 g/mol. The molecule has 0 aromatic rings. The lowest BCUT2D eigenvalue weighted by Crippen LogP contribution is -1.24. The molecule has 0 aromatic carbocycles. The summed E-state index contributed by atoms with van der Waals surface area (Å²) in [6, 6.07) is 0. The van der Waals surface area contributed by atoms with Crippen molar-refractivity contribution in [3.05, 3.63) is 0 Å². The van der Waals surface area contributed by atoms with Gasteiger partial charge in [0.1, 0.15) is 0 Å². The minimum atomic E-state index is -3.63. The Morgan fingerprint density at radius 2 is 0.300 bits per heavy atom. The number of hydrogen-bond donors (Lipinski definition) is 12. The first-order valence-electron chi connectivity index (χ1n) is 3.70. The van der Waals surface area contributed by atoms with E-state index in [-0.39, 0.29) is 36.9 Å². The predicted molar refractivity (Wildman–Crippen MR) is 104 cm³/mol. The average molecular weight is 606 g/mol. The molecule has 0 fully saturated rings. The molecule has 6 unspecified atom stereocenters. The number of rotatable bonds is 0. The quantitative estimate of drug-likeness (QED) is 0.139. The van der Waals surface area contributed by atoms with Crippen LogP contribution in [0.1, 0.15) is 0 Å². The Bertz CT molecular complexity index is 289. The molecule has 24 N–H and O–H groups in total. The van der Waals surface area contributed by atoms with Gasteiger partial charge in [0.05, 0.1) is 0 Å². The smallest absolute Gasteiger partial charge is 0.344 e. The van der Waals surface area contributed by atoms with Crippen molar-refractivity contribution >= 4 is 50.0 Å². The molecule has 6 atom stereocenters. The van der Waals surface area contributed by atoms with Gasteiger partial charge < -0.3 is 66.3 Å². The Morgan fingerprint density at radius 3 is 0.300 bits per heavy atom. The molecule has 0 amide bonds. The van der Waals surface area contributed by atoms with Gasteiger partial charge in [-0.3, -0.25) is 27.4 Å². The number of halogens is 6. The highest BCUT2D eigenvalue weighted by Crippen LogP contribution is 2.12. The summed E-state index contributed by atoms with van der Waals surface area (Å²) < 4.78 is 112. The molecule has 204 valence electrons. The van der Waals surface area contributed by atoms with E-state index in [0.29, 0.717) is 0 Å². The molecule has 0 saturated heterocycles. The van der Waals surface area contributed by atoms with Gasteiger partial charge in [-0.15, -0.1) is 0 Å². The highest BCUT2D eigenvalue weighted by atomic mass is 31.2. The maximum Gasteiger partial charge on any atom is 0.353 e.